The minimum Gasteiger partial charge on any atom is -0.496 e. The maximum Gasteiger partial charge on any atom is 0.251 e. The van der Waals surface area contributed by atoms with Crippen LogP contribution in [0.4, 0.5) is 0 Å². The zero-order valence-electron chi connectivity index (χ0n) is 20.0. The summed E-state index contributed by atoms with van der Waals surface area (Å²) in [6.45, 7) is 0.926. The summed E-state index contributed by atoms with van der Waals surface area (Å²) in [7, 11) is 1.82. The molecule has 4 bridgehead atoms. The summed E-state index contributed by atoms with van der Waals surface area (Å²) in [5.74, 6) is 3.68. The summed E-state index contributed by atoms with van der Waals surface area (Å²) in [4.78, 5) is 12.3. The van der Waals surface area contributed by atoms with E-state index in [4.69, 9.17) is 10.5 Å². The van der Waals surface area contributed by atoms with Crippen molar-refractivity contribution in [3.63, 3.8) is 0 Å². The van der Waals surface area contributed by atoms with Crippen LogP contribution >= 0.6 is 0 Å². The van der Waals surface area contributed by atoms with Crippen molar-refractivity contribution in [2.45, 2.75) is 43.9 Å². The van der Waals surface area contributed by atoms with Gasteiger partial charge >= 0.3 is 0 Å². The molecule has 4 aliphatic carbocycles. The molecule has 0 heterocycles. The molecule has 4 heteroatoms. The number of methoxy groups -OCH3 is 1. The van der Waals surface area contributed by atoms with Crippen molar-refractivity contribution in [2.75, 3.05) is 20.2 Å². The fraction of sp³-hybridized carbons (Fsp3) is 0.433. The van der Waals surface area contributed by atoms with Crippen molar-refractivity contribution in [1.82, 2.24) is 5.32 Å². The maximum absolute atomic E-state index is 12.3. The van der Waals surface area contributed by atoms with E-state index in [1.165, 1.54) is 55.2 Å². The monoisotopic (exact) mass is 454 g/mol. The van der Waals surface area contributed by atoms with Gasteiger partial charge < -0.3 is 15.8 Å². The van der Waals surface area contributed by atoms with Gasteiger partial charge in [-0.25, -0.2) is 0 Å². The summed E-state index contributed by atoms with van der Waals surface area (Å²) < 4.78 is 5.91. The molecule has 0 atom stereocenters. The number of nitrogens with one attached hydrogen (secondary N) is 1. The van der Waals surface area contributed by atoms with E-state index in [9.17, 15) is 4.79 Å². The molecule has 3 N–H and O–H groups in total. The Kier molecular flexibility index (Phi) is 5.37. The van der Waals surface area contributed by atoms with Crippen molar-refractivity contribution >= 4 is 16.7 Å². The predicted molar refractivity (Wildman–Crippen MR) is 137 cm³/mol. The van der Waals surface area contributed by atoms with Crippen LogP contribution < -0.4 is 15.8 Å². The topological polar surface area (TPSA) is 64.3 Å². The van der Waals surface area contributed by atoms with E-state index in [-0.39, 0.29) is 5.91 Å². The fourth-order valence-electron chi connectivity index (χ4n) is 7.60. The summed E-state index contributed by atoms with van der Waals surface area (Å²) in [6.07, 6.45) is 8.30. The molecule has 0 spiro atoms. The van der Waals surface area contributed by atoms with Crippen LogP contribution in [0.25, 0.3) is 21.9 Å². The van der Waals surface area contributed by atoms with Gasteiger partial charge in [-0.3, -0.25) is 4.79 Å². The molecule has 0 saturated heterocycles. The number of fused-ring (bicyclic) bond motifs is 1. The summed E-state index contributed by atoms with van der Waals surface area (Å²) in [5.41, 5.74) is 10.4. The lowest BCUT2D eigenvalue weighted by atomic mass is 9.48. The van der Waals surface area contributed by atoms with Gasteiger partial charge in [-0.15, -0.1) is 0 Å². The molecule has 7 rings (SSSR count). The first-order valence-corrected chi connectivity index (χ1v) is 12.8. The summed E-state index contributed by atoms with van der Waals surface area (Å²) in [6, 6.07) is 19.2. The largest absolute Gasteiger partial charge is 0.496 e. The molecule has 4 saturated carbocycles. The van der Waals surface area contributed by atoms with E-state index in [1.807, 2.05) is 25.3 Å². The smallest absolute Gasteiger partial charge is 0.251 e. The molecule has 0 unspecified atom stereocenters. The number of carbonyl (C=O) groups is 1. The van der Waals surface area contributed by atoms with E-state index < -0.39 is 0 Å². The predicted octanol–water partition coefficient (Wildman–Crippen LogP) is 5.67. The Morgan fingerprint density at radius 3 is 2.21 bits per heavy atom. The third-order valence-corrected chi connectivity index (χ3v) is 8.67. The highest BCUT2D eigenvalue weighted by Gasteiger charge is 2.52. The summed E-state index contributed by atoms with van der Waals surface area (Å²) >= 11 is 0. The number of rotatable bonds is 6. The van der Waals surface area contributed by atoms with Crippen molar-refractivity contribution in [3.8, 4) is 16.9 Å². The van der Waals surface area contributed by atoms with Gasteiger partial charge in [-0.1, -0.05) is 24.3 Å². The first kappa shape index (κ1) is 21.7. The first-order chi connectivity index (χ1) is 16.6. The highest BCUT2D eigenvalue weighted by Crippen LogP contribution is 2.62. The Morgan fingerprint density at radius 1 is 0.912 bits per heavy atom. The number of amides is 1. The highest BCUT2D eigenvalue weighted by molar-refractivity contribution is 5.99. The Morgan fingerprint density at radius 2 is 1.53 bits per heavy atom. The molecule has 3 aromatic rings. The third kappa shape index (κ3) is 3.69. The fourth-order valence-corrected chi connectivity index (χ4v) is 7.60. The van der Waals surface area contributed by atoms with E-state index >= 15 is 0 Å². The number of hydrogen-bond donors (Lipinski definition) is 2. The Balaban J connectivity index is 1.35. The van der Waals surface area contributed by atoms with Gasteiger partial charge in [-0.05, 0) is 114 Å². The van der Waals surface area contributed by atoms with Gasteiger partial charge in [0.05, 0.1) is 7.11 Å². The second-order valence-corrected chi connectivity index (χ2v) is 10.9. The van der Waals surface area contributed by atoms with E-state index in [2.05, 4.69) is 41.7 Å². The highest BCUT2D eigenvalue weighted by atomic mass is 16.5. The minimum absolute atomic E-state index is 0.0770. The van der Waals surface area contributed by atoms with Crippen LogP contribution in [0.5, 0.6) is 5.75 Å². The second-order valence-electron chi connectivity index (χ2n) is 10.9. The van der Waals surface area contributed by atoms with Crippen LogP contribution in [0.1, 0.15) is 54.4 Å². The lowest BCUT2D eigenvalue weighted by Crippen LogP contribution is -2.48. The van der Waals surface area contributed by atoms with Crippen molar-refractivity contribution < 1.29 is 9.53 Å². The van der Waals surface area contributed by atoms with E-state index in [0.717, 1.165) is 34.3 Å². The molecular weight excluding hydrogens is 420 g/mol. The number of hydrogen-bond acceptors (Lipinski definition) is 3. The van der Waals surface area contributed by atoms with Crippen LogP contribution in [-0.2, 0) is 5.41 Å². The number of ether oxygens (including phenoxy) is 1. The molecule has 176 valence electrons. The zero-order chi connectivity index (χ0) is 23.3. The number of carbonyl (C=O) groups excluding carboxylic acids is 1. The summed E-state index contributed by atoms with van der Waals surface area (Å²) in [5, 5.41) is 5.05. The average molecular weight is 455 g/mol. The molecular formula is C30H34N2O2. The quantitative estimate of drug-likeness (QED) is 0.504. The normalized spacial score (nSPS) is 27.2. The van der Waals surface area contributed by atoms with Crippen molar-refractivity contribution in [3.05, 3.63) is 65.7 Å². The van der Waals surface area contributed by atoms with Crippen molar-refractivity contribution in [1.29, 1.82) is 0 Å². The molecule has 4 fully saturated rings. The molecule has 0 aromatic heterocycles. The Labute approximate surface area is 201 Å². The maximum atomic E-state index is 12.3. The Bertz CT molecular complexity index is 1210. The zero-order valence-corrected chi connectivity index (χ0v) is 20.0. The van der Waals surface area contributed by atoms with Gasteiger partial charge in [-0.2, -0.15) is 0 Å². The molecule has 3 aromatic carbocycles. The average Bonchev–Trinajstić information content (AvgIpc) is 2.85. The van der Waals surface area contributed by atoms with E-state index in [0.29, 0.717) is 24.1 Å². The second kappa shape index (κ2) is 8.42. The molecule has 0 radical (unpaired) electrons. The Hall–Kier alpha value is -2.85. The van der Waals surface area contributed by atoms with E-state index in [1.54, 1.807) is 0 Å². The molecule has 1 amide bonds. The van der Waals surface area contributed by atoms with Gasteiger partial charge in [0.25, 0.3) is 5.91 Å². The lowest BCUT2D eigenvalue weighted by Gasteiger charge is -2.57. The van der Waals surface area contributed by atoms with Crippen molar-refractivity contribution in [2.24, 2.45) is 23.5 Å². The standard InChI is InChI=1S/C30H34N2O2/c1-34-28-7-6-25(15-27(28)30-16-19-10-20(17-30)12-21(11-19)18-30)23-2-3-24-14-26(5-4-22(24)13-23)29(33)32-9-8-31/h2-7,13-15,19-21H,8-12,16-18,31H2,1H3,(H,32,33). The SMILES string of the molecule is COc1ccc(-c2ccc3cc(C(=O)NCCN)ccc3c2)cc1C12CC3CC(CC(C3)C1)C2. The first-order valence-electron chi connectivity index (χ1n) is 12.8. The van der Waals surface area contributed by atoms with Gasteiger partial charge in [0.1, 0.15) is 5.75 Å². The molecule has 34 heavy (non-hydrogen) atoms. The minimum atomic E-state index is -0.0770. The van der Waals surface area contributed by atoms with Crippen LogP contribution in [-0.4, -0.2) is 26.1 Å². The third-order valence-electron chi connectivity index (χ3n) is 8.67. The number of nitrogens with two attached hydrogens (primary N) is 1. The van der Waals surface area contributed by atoms with Gasteiger partial charge in [0.2, 0.25) is 0 Å². The molecule has 4 nitrogen and oxygen atoms in total. The molecule has 4 aliphatic rings. The van der Waals surface area contributed by atoms with Gasteiger partial charge in [0.15, 0.2) is 0 Å². The van der Waals surface area contributed by atoms with Crippen LogP contribution in [0.15, 0.2) is 54.6 Å². The van der Waals surface area contributed by atoms with Crippen LogP contribution in [0.2, 0.25) is 0 Å². The van der Waals surface area contributed by atoms with Crippen LogP contribution in [0, 0.1) is 17.8 Å². The lowest BCUT2D eigenvalue weighted by molar-refractivity contribution is -0.00613. The van der Waals surface area contributed by atoms with Crippen LogP contribution in [0.3, 0.4) is 0 Å². The van der Waals surface area contributed by atoms with Gasteiger partial charge in [0, 0.05) is 24.2 Å². The molecule has 0 aliphatic heterocycles. The number of benzene rings is 3.